The molecule has 1 aliphatic rings. The smallest absolute Gasteiger partial charge is 0.251 e. The van der Waals surface area contributed by atoms with Crippen molar-refractivity contribution >= 4 is 11.8 Å². The number of benzene rings is 1. The fourth-order valence-corrected chi connectivity index (χ4v) is 2.06. The van der Waals surface area contributed by atoms with Crippen LogP contribution in [0.1, 0.15) is 10.4 Å². The van der Waals surface area contributed by atoms with Gasteiger partial charge in [0.1, 0.15) is 5.82 Å². The molecule has 2 rings (SSSR count). The van der Waals surface area contributed by atoms with Crippen LogP contribution in [0.25, 0.3) is 0 Å². The number of hydrogen-bond acceptors (Lipinski definition) is 4. The highest BCUT2D eigenvalue weighted by Crippen LogP contribution is 2.05. The number of nitrogens with one attached hydrogen (secondary N) is 1. The number of carbonyl (C=O) groups excluding carboxylic acids is 2. The normalized spacial score (nSPS) is 18.4. The van der Waals surface area contributed by atoms with E-state index in [2.05, 4.69) is 5.32 Å². The molecule has 114 valence electrons. The Morgan fingerprint density at radius 1 is 1.48 bits per heavy atom. The first kappa shape index (κ1) is 15.4. The topological polar surface area (TPSA) is 78.9 Å². The average molecular weight is 296 g/mol. The average Bonchev–Trinajstić information content (AvgIpc) is 2.52. The largest absolute Gasteiger partial charge is 0.394 e. The fourth-order valence-electron chi connectivity index (χ4n) is 2.06. The third-order valence-corrected chi connectivity index (χ3v) is 3.18. The molecule has 0 aromatic heterocycles. The lowest BCUT2D eigenvalue weighted by Crippen LogP contribution is -2.49. The van der Waals surface area contributed by atoms with Gasteiger partial charge in [-0.25, -0.2) is 4.39 Å². The lowest BCUT2D eigenvalue weighted by Gasteiger charge is -2.32. The van der Waals surface area contributed by atoms with E-state index in [9.17, 15) is 14.0 Å². The number of morpholine rings is 1. The predicted octanol–water partition coefficient (Wildman–Crippen LogP) is -0.225. The Morgan fingerprint density at radius 2 is 2.29 bits per heavy atom. The summed E-state index contributed by atoms with van der Waals surface area (Å²) in [6, 6.07) is 5.25. The first-order chi connectivity index (χ1) is 10.1. The number of hydrogen-bond donors (Lipinski definition) is 2. The Hall–Kier alpha value is -1.99. The van der Waals surface area contributed by atoms with Gasteiger partial charge < -0.3 is 20.1 Å². The van der Waals surface area contributed by atoms with Crippen molar-refractivity contribution in [2.75, 3.05) is 32.8 Å². The van der Waals surface area contributed by atoms with Gasteiger partial charge in [-0.05, 0) is 18.2 Å². The van der Waals surface area contributed by atoms with Crippen LogP contribution in [0.3, 0.4) is 0 Å². The van der Waals surface area contributed by atoms with Crippen molar-refractivity contribution in [1.29, 1.82) is 0 Å². The molecular formula is C14H17FN2O4. The molecular weight excluding hydrogens is 279 g/mol. The van der Waals surface area contributed by atoms with Crippen LogP contribution < -0.4 is 5.32 Å². The maximum atomic E-state index is 13.0. The number of aliphatic hydroxyl groups excluding tert-OH is 1. The zero-order valence-electron chi connectivity index (χ0n) is 11.4. The van der Waals surface area contributed by atoms with E-state index in [0.717, 1.165) is 6.07 Å². The SMILES string of the molecule is O=C(NCC(=O)N1CCOC(CO)C1)c1cccc(F)c1. The highest BCUT2D eigenvalue weighted by molar-refractivity contribution is 5.96. The molecule has 1 unspecified atom stereocenters. The van der Waals surface area contributed by atoms with Gasteiger partial charge in [0.15, 0.2) is 0 Å². The van der Waals surface area contributed by atoms with E-state index in [0.29, 0.717) is 19.7 Å². The molecule has 2 N–H and O–H groups in total. The van der Waals surface area contributed by atoms with Crippen molar-refractivity contribution < 1.29 is 23.8 Å². The molecule has 1 aliphatic heterocycles. The highest BCUT2D eigenvalue weighted by Gasteiger charge is 2.23. The summed E-state index contributed by atoms with van der Waals surface area (Å²) in [6.45, 7) is 0.748. The summed E-state index contributed by atoms with van der Waals surface area (Å²) in [5.74, 6) is -1.27. The molecule has 7 heteroatoms. The van der Waals surface area contributed by atoms with Gasteiger partial charge in [-0.3, -0.25) is 9.59 Å². The summed E-state index contributed by atoms with van der Waals surface area (Å²) in [5.41, 5.74) is 0.165. The quantitative estimate of drug-likeness (QED) is 0.805. The van der Waals surface area contributed by atoms with E-state index >= 15 is 0 Å². The van der Waals surface area contributed by atoms with Crippen LogP contribution in [0.2, 0.25) is 0 Å². The lowest BCUT2D eigenvalue weighted by atomic mass is 10.2. The van der Waals surface area contributed by atoms with Crippen molar-refractivity contribution in [3.63, 3.8) is 0 Å². The van der Waals surface area contributed by atoms with Gasteiger partial charge in [0, 0.05) is 18.7 Å². The second kappa shape index (κ2) is 7.14. The van der Waals surface area contributed by atoms with E-state index < -0.39 is 11.7 Å². The highest BCUT2D eigenvalue weighted by atomic mass is 19.1. The molecule has 2 amide bonds. The zero-order chi connectivity index (χ0) is 15.2. The number of carbonyl (C=O) groups is 2. The van der Waals surface area contributed by atoms with Crippen molar-refractivity contribution in [3.8, 4) is 0 Å². The van der Waals surface area contributed by atoms with Crippen LogP contribution in [-0.4, -0.2) is 60.8 Å². The summed E-state index contributed by atoms with van der Waals surface area (Å²) in [4.78, 5) is 25.3. The first-order valence-corrected chi connectivity index (χ1v) is 6.64. The summed E-state index contributed by atoms with van der Waals surface area (Å²) in [5, 5.41) is 11.5. The molecule has 0 aliphatic carbocycles. The molecule has 21 heavy (non-hydrogen) atoms. The van der Waals surface area contributed by atoms with Gasteiger partial charge in [0.05, 0.1) is 25.9 Å². The van der Waals surface area contributed by atoms with E-state index in [1.165, 1.54) is 23.1 Å². The van der Waals surface area contributed by atoms with Gasteiger partial charge in [-0.2, -0.15) is 0 Å². The Balaban J connectivity index is 1.84. The number of halogens is 1. The second-order valence-corrected chi connectivity index (χ2v) is 4.71. The maximum absolute atomic E-state index is 13.0. The molecule has 1 heterocycles. The van der Waals surface area contributed by atoms with Gasteiger partial charge in [0.2, 0.25) is 5.91 Å². The Kier molecular flexibility index (Phi) is 5.24. The van der Waals surface area contributed by atoms with E-state index in [-0.39, 0.29) is 30.7 Å². The molecule has 1 fully saturated rings. The van der Waals surface area contributed by atoms with Crippen LogP contribution in [0, 0.1) is 5.82 Å². The first-order valence-electron chi connectivity index (χ1n) is 6.64. The Bertz CT molecular complexity index is 523. The molecule has 0 saturated carbocycles. The monoisotopic (exact) mass is 296 g/mol. The standard InChI is InChI=1S/C14H17FN2O4/c15-11-3-1-2-10(6-11)14(20)16-7-13(19)17-4-5-21-12(8-17)9-18/h1-3,6,12,18H,4-5,7-9H2,(H,16,20). The molecule has 0 spiro atoms. The molecule has 1 aromatic carbocycles. The number of nitrogens with zero attached hydrogens (tertiary/aromatic N) is 1. The molecule has 1 saturated heterocycles. The molecule has 0 bridgehead atoms. The van der Waals surface area contributed by atoms with Gasteiger partial charge in [0.25, 0.3) is 5.91 Å². The van der Waals surface area contributed by atoms with E-state index in [1.807, 2.05) is 0 Å². The van der Waals surface area contributed by atoms with Crippen molar-refractivity contribution in [1.82, 2.24) is 10.2 Å². The second-order valence-electron chi connectivity index (χ2n) is 4.71. The Labute approximate surface area is 121 Å². The fraction of sp³-hybridized carbons (Fsp3) is 0.429. The van der Waals surface area contributed by atoms with E-state index in [1.54, 1.807) is 0 Å². The van der Waals surface area contributed by atoms with E-state index in [4.69, 9.17) is 9.84 Å². The molecule has 0 radical (unpaired) electrons. The van der Waals surface area contributed by atoms with Gasteiger partial charge in [-0.1, -0.05) is 6.07 Å². The number of rotatable bonds is 4. The van der Waals surface area contributed by atoms with Crippen LogP contribution in [-0.2, 0) is 9.53 Å². The number of ether oxygens (including phenoxy) is 1. The minimum Gasteiger partial charge on any atom is -0.394 e. The maximum Gasteiger partial charge on any atom is 0.251 e. The minimum atomic E-state index is -0.507. The van der Waals surface area contributed by atoms with Crippen LogP contribution in [0.5, 0.6) is 0 Å². The molecule has 6 nitrogen and oxygen atoms in total. The number of aliphatic hydroxyl groups is 1. The van der Waals surface area contributed by atoms with Crippen molar-refractivity contribution in [2.24, 2.45) is 0 Å². The lowest BCUT2D eigenvalue weighted by molar-refractivity contribution is -0.139. The van der Waals surface area contributed by atoms with Crippen LogP contribution >= 0.6 is 0 Å². The summed E-state index contributed by atoms with van der Waals surface area (Å²) in [7, 11) is 0. The summed E-state index contributed by atoms with van der Waals surface area (Å²) >= 11 is 0. The van der Waals surface area contributed by atoms with Crippen molar-refractivity contribution in [2.45, 2.75) is 6.10 Å². The van der Waals surface area contributed by atoms with Crippen molar-refractivity contribution in [3.05, 3.63) is 35.6 Å². The summed E-state index contributed by atoms with van der Waals surface area (Å²) < 4.78 is 18.2. The molecule has 1 atom stereocenters. The molecule has 1 aromatic rings. The van der Waals surface area contributed by atoms with Gasteiger partial charge in [-0.15, -0.1) is 0 Å². The third-order valence-electron chi connectivity index (χ3n) is 3.18. The van der Waals surface area contributed by atoms with Crippen LogP contribution in [0.4, 0.5) is 4.39 Å². The number of amides is 2. The zero-order valence-corrected chi connectivity index (χ0v) is 11.4. The van der Waals surface area contributed by atoms with Crippen LogP contribution in [0.15, 0.2) is 24.3 Å². The minimum absolute atomic E-state index is 0.153. The third kappa shape index (κ3) is 4.24. The summed E-state index contributed by atoms with van der Waals surface area (Å²) in [6.07, 6.45) is -0.387. The predicted molar refractivity (Wildman–Crippen MR) is 72.1 cm³/mol. The Morgan fingerprint density at radius 3 is 3.00 bits per heavy atom. The van der Waals surface area contributed by atoms with Gasteiger partial charge >= 0.3 is 0 Å².